The van der Waals surface area contributed by atoms with Crippen molar-refractivity contribution in [3.05, 3.63) is 17.6 Å². The van der Waals surface area contributed by atoms with Crippen LogP contribution in [-0.4, -0.2) is 36.6 Å². The molecule has 4 heteroatoms. The van der Waals surface area contributed by atoms with Gasteiger partial charge in [-0.1, -0.05) is 13.8 Å². The van der Waals surface area contributed by atoms with Gasteiger partial charge < -0.3 is 10.2 Å². The van der Waals surface area contributed by atoms with E-state index in [-0.39, 0.29) is 0 Å². The Morgan fingerprint density at radius 3 is 2.63 bits per heavy atom. The molecular formula is C15H26N4. The Morgan fingerprint density at radius 1 is 1.32 bits per heavy atom. The highest BCUT2D eigenvalue weighted by atomic mass is 15.2. The van der Waals surface area contributed by atoms with Crippen molar-refractivity contribution in [1.29, 1.82) is 0 Å². The minimum absolute atomic E-state index is 0.380. The Kier molecular flexibility index (Phi) is 4.75. The van der Waals surface area contributed by atoms with E-state index < -0.39 is 0 Å². The smallest absolute Gasteiger partial charge is 0.133 e. The average molecular weight is 262 g/mol. The van der Waals surface area contributed by atoms with Gasteiger partial charge in [0, 0.05) is 31.3 Å². The first kappa shape index (κ1) is 14.3. The predicted octanol–water partition coefficient (Wildman–Crippen LogP) is 2.34. The second-order valence-electron chi connectivity index (χ2n) is 5.95. The summed E-state index contributed by atoms with van der Waals surface area (Å²) >= 11 is 0. The van der Waals surface area contributed by atoms with E-state index in [0.29, 0.717) is 5.92 Å². The van der Waals surface area contributed by atoms with Crippen LogP contribution >= 0.6 is 0 Å². The van der Waals surface area contributed by atoms with Crippen LogP contribution in [0, 0.1) is 12.8 Å². The minimum atomic E-state index is 0.380. The van der Waals surface area contributed by atoms with Crippen molar-refractivity contribution in [3.8, 4) is 0 Å². The molecule has 4 nitrogen and oxygen atoms in total. The number of hydrogen-bond acceptors (Lipinski definition) is 4. The van der Waals surface area contributed by atoms with Gasteiger partial charge in [0.25, 0.3) is 0 Å². The summed E-state index contributed by atoms with van der Waals surface area (Å²) in [5.41, 5.74) is 1.06. The summed E-state index contributed by atoms with van der Waals surface area (Å²) in [6.45, 7) is 9.74. The number of rotatable bonds is 4. The summed E-state index contributed by atoms with van der Waals surface area (Å²) < 4.78 is 0. The molecule has 1 aliphatic heterocycles. The molecule has 2 heterocycles. The Balaban J connectivity index is 2.07. The van der Waals surface area contributed by atoms with Crippen LogP contribution in [0.5, 0.6) is 0 Å². The van der Waals surface area contributed by atoms with E-state index in [1.54, 1.807) is 0 Å². The number of hydrogen-bond donors (Lipinski definition) is 1. The summed E-state index contributed by atoms with van der Waals surface area (Å²) in [6, 6.07) is 2.09. The molecule has 19 heavy (non-hydrogen) atoms. The zero-order valence-corrected chi connectivity index (χ0v) is 12.6. The van der Waals surface area contributed by atoms with Crippen LogP contribution in [0.4, 0.5) is 5.82 Å². The fourth-order valence-corrected chi connectivity index (χ4v) is 2.57. The number of anilines is 1. The molecule has 0 aromatic carbocycles. The first-order valence-corrected chi connectivity index (χ1v) is 7.33. The van der Waals surface area contributed by atoms with E-state index in [1.165, 1.54) is 12.8 Å². The van der Waals surface area contributed by atoms with Crippen LogP contribution in [0.3, 0.4) is 0 Å². The van der Waals surface area contributed by atoms with Gasteiger partial charge in [-0.25, -0.2) is 9.97 Å². The summed E-state index contributed by atoms with van der Waals surface area (Å²) in [6.07, 6.45) is 2.54. The predicted molar refractivity (Wildman–Crippen MR) is 79.7 cm³/mol. The molecule has 0 radical (unpaired) electrons. The topological polar surface area (TPSA) is 41.0 Å². The molecule has 0 unspecified atom stereocenters. The molecule has 2 rings (SSSR count). The third-order valence-electron chi connectivity index (χ3n) is 3.76. The highest BCUT2D eigenvalue weighted by molar-refractivity contribution is 5.39. The molecule has 0 aliphatic carbocycles. The zero-order chi connectivity index (χ0) is 13.8. The lowest BCUT2D eigenvalue weighted by Crippen LogP contribution is -2.35. The molecule has 0 amide bonds. The average Bonchev–Trinajstić information content (AvgIpc) is 2.39. The van der Waals surface area contributed by atoms with Crippen LogP contribution in [0.2, 0.25) is 0 Å². The fourth-order valence-electron chi connectivity index (χ4n) is 2.57. The monoisotopic (exact) mass is 262 g/mol. The van der Waals surface area contributed by atoms with Crippen molar-refractivity contribution >= 4 is 5.82 Å². The molecule has 106 valence electrons. The van der Waals surface area contributed by atoms with Gasteiger partial charge in [0.05, 0.1) is 0 Å². The molecule has 0 atom stereocenters. The maximum absolute atomic E-state index is 4.70. The quantitative estimate of drug-likeness (QED) is 0.904. The number of aromatic nitrogens is 2. The molecule has 1 saturated heterocycles. The van der Waals surface area contributed by atoms with Gasteiger partial charge in [-0.2, -0.15) is 0 Å². The van der Waals surface area contributed by atoms with Gasteiger partial charge in [-0.15, -0.1) is 0 Å². The molecule has 0 bridgehead atoms. The summed E-state index contributed by atoms with van der Waals surface area (Å²) in [4.78, 5) is 11.5. The fraction of sp³-hybridized carbons (Fsp3) is 0.733. The maximum Gasteiger partial charge on any atom is 0.133 e. The van der Waals surface area contributed by atoms with Crippen molar-refractivity contribution in [2.24, 2.45) is 5.92 Å². The number of nitrogens with one attached hydrogen (secondary N) is 1. The molecule has 1 aromatic heterocycles. The van der Waals surface area contributed by atoms with Crippen molar-refractivity contribution in [2.45, 2.75) is 39.5 Å². The number of piperidine rings is 1. The van der Waals surface area contributed by atoms with Crippen LogP contribution in [0.15, 0.2) is 6.07 Å². The molecule has 1 aromatic rings. The van der Waals surface area contributed by atoms with Crippen LogP contribution in [0.25, 0.3) is 0 Å². The van der Waals surface area contributed by atoms with E-state index in [2.05, 4.69) is 49.1 Å². The van der Waals surface area contributed by atoms with Crippen molar-refractivity contribution < 1.29 is 0 Å². The second kappa shape index (κ2) is 6.33. The molecular weight excluding hydrogens is 236 g/mol. The highest BCUT2D eigenvalue weighted by Crippen LogP contribution is 2.19. The Hall–Kier alpha value is -1.16. The van der Waals surface area contributed by atoms with Gasteiger partial charge in [-0.05, 0) is 38.8 Å². The van der Waals surface area contributed by atoms with E-state index in [4.69, 9.17) is 4.98 Å². The lowest BCUT2D eigenvalue weighted by molar-refractivity contribution is 0.377. The highest BCUT2D eigenvalue weighted by Gasteiger charge is 2.17. The van der Waals surface area contributed by atoms with Crippen LogP contribution in [0.1, 0.15) is 44.1 Å². The molecule has 1 aliphatic rings. The third kappa shape index (κ3) is 3.90. The van der Waals surface area contributed by atoms with Gasteiger partial charge in [-0.3, -0.25) is 0 Å². The van der Waals surface area contributed by atoms with E-state index >= 15 is 0 Å². The first-order valence-electron chi connectivity index (χ1n) is 7.33. The first-order chi connectivity index (χ1) is 9.06. The van der Waals surface area contributed by atoms with E-state index in [0.717, 1.165) is 42.9 Å². The minimum Gasteiger partial charge on any atom is -0.359 e. The SMILES string of the molecule is Cc1cc(N(C)CC2CCNCC2)nc(C(C)C)n1. The Bertz CT molecular complexity index is 411. The Morgan fingerprint density at radius 2 is 2.00 bits per heavy atom. The van der Waals surface area contributed by atoms with Crippen LogP contribution < -0.4 is 10.2 Å². The zero-order valence-electron chi connectivity index (χ0n) is 12.6. The maximum atomic E-state index is 4.70. The molecule has 1 N–H and O–H groups in total. The van der Waals surface area contributed by atoms with Crippen molar-refractivity contribution in [1.82, 2.24) is 15.3 Å². The van der Waals surface area contributed by atoms with Crippen molar-refractivity contribution in [3.63, 3.8) is 0 Å². The lowest BCUT2D eigenvalue weighted by atomic mass is 9.98. The van der Waals surface area contributed by atoms with Crippen LogP contribution in [-0.2, 0) is 0 Å². The Labute approximate surface area is 116 Å². The summed E-state index contributed by atoms with van der Waals surface area (Å²) in [5, 5.41) is 3.42. The molecule has 0 spiro atoms. The second-order valence-corrected chi connectivity index (χ2v) is 5.95. The van der Waals surface area contributed by atoms with Gasteiger partial charge >= 0.3 is 0 Å². The van der Waals surface area contributed by atoms with Gasteiger partial charge in [0.2, 0.25) is 0 Å². The van der Waals surface area contributed by atoms with E-state index in [9.17, 15) is 0 Å². The normalized spacial score (nSPS) is 16.9. The summed E-state index contributed by atoms with van der Waals surface area (Å²) in [5.74, 6) is 3.18. The van der Waals surface area contributed by atoms with Crippen molar-refractivity contribution in [2.75, 3.05) is 31.6 Å². The van der Waals surface area contributed by atoms with Gasteiger partial charge in [0.15, 0.2) is 0 Å². The standard InChI is InChI=1S/C15H26N4/c1-11(2)15-17-12(3)9-14(18-15)19(4)10-13-5-7-16-8-6-13/h9,11,13,16H,5-8,10H2,1-4H3. The summed E-state index contributed by atoms with van der Waals surface area (Å²) in [7, 11) is 2.15. The number of nitrogens with zero attached hydrogens (tertiary/aromatic N) is 3. The van der Waals surface area contributed by atoms with E-state index in [1.807, 2.05) is 0 Å². The largest absolute Gasteiger partial charge is 0.359 e. The number of aryl methyl sites for hydroxylation is 1. The molecule has 1 fully saturated rings. The lowest BCUT2D eigenvalue weighted by Gasteiger charge is -2.28. The third-order valence-corrected chi connectivity index (χ3v) is 3.76. The van der Waals surface area contributed by atoms with Gasteiger partial charge in [0.1, 0.15) is 11.6 Å². The molecule has 0 saturated carbocycles.